The first-order chi connectivity index (χ1) is 12.7. The predicted molar refractivity (Wildman–Crippen MR) is 109 cm³/mol. The highest BCUT2D eigenvalue weighted by atomic mass is 16.5. The predicted octanol–water partition coefficient (Wildman–Crippen LogP) is 5.68. The Hall–Kier alpha value is -1.80. The summed E-state index contributed by atoms with van der Waals surface area (Å²) in [6.45, 7) is 7.66. The first kappa shape index (κ1) is 17.6. The summed E-state index contributed by atoms with van der Waals surface area (Å²) in [5.74, 6) is 1.08. The molecular weight excluding hydrogens is 318 g/mol. The SMILES string of the molecule is C=C1CCCC2=C(C1)c1c(cc(CN3CCC=CCC3)cc1OC)CC2. The van der Waals surface area contributed by atoms with Gasteiger partial charge in [-0.15, -0.1) is 0 Å². The summed E-state index contributed by atoms with van der Waals surface area (Å²) in [5, 5.41) is 0. The molecule has 3 aliphatic rings. The van der Waals surface area contributed by atoms with E-state index in [9.17, 15) is 0 Å². The fourth-order valence-corrected chi connectivity index (χ4v) is 4.80. The van der Waals surface area contributed by atoms with Crippen LogP contribution in [0.2, 0.25) is 0 Å². The molecule has 0 radical (unpaired) electrons. The zero-order valence-corrected chi connectivity index (χ0v) is 16.2. The van der Waals surface area contributed by atoms with Crippen LogP contribution in [-0.4, -0.2) is 25.1 Å². The molecule has 4 rings (SSSR count). The Morgan fingerprint density at radius 1 is 1.04 bits per heavy atom. The van der Waals surface area contributed by atoms with E-state index in [4.69, 9.17) is 4.74 Å². The molecule has 1 heterocycles. The molecule has 138 valence electrons. The molecule has 0 spiro atoms. The summed E-state index contributed by atoms with van der Waals surface area (Å²) in [6.07, 6.45) is 14.1. The molecule has 2 heteroatoms. The number of hydrogen-bond acceptors (Lipinski definition) is 2. The van der Waals surface area contributed by atoms with Gasteiger partial charge < -0.3 is 4.74 Å². The largest absolute Gasteiger partial charge is 0.496 e. The Kier molecular flexibility index (Phi) is 5.31. The monoisotopic (exact) mass is 349 g/mol. The third-order valence-corrected chi connectivity index (χ3v) is 6.12. The van der Waals surface area contributed by atoms with E-state index >= 15 is 0 Å². The highest BCUT2D eigenvalue weighted by molar-refractivity contribution is 5.79. The maximum atomic E-state index is 5.90. The molecule has 0 aromatic heterocycles. The van der Waals surface area contributed by atoms with E-state index in [1.165, 1.54) is 66.4 Å². The average molecular weight is 350 g/mol. The van der Waals surface area contributed by atoms with Gasteiger partial charge in [0.25, 0.3) is 0 Å². The minimum absolute atomic E-state index is 1.03. The van der Waals surface area contributed by atoms with Crippen LogP contribution in [0, 0.1) is 0 Å². The smallest absolute Gasteiger partial charge is 0.126 e. The summed E-state index contributed by atoms with van der Waals surface area (Å²) >= 11 is 0. The minimum atomic E-state index is 1.03. The third-order valence-electron chi connectivity index (χ3n) is 6.12. The lowest BCUT2D eigenvalue weighted by Gasteiger charge is -2.27. The van der Waals surface area contributed by atoms with Crippen LogP contribution in [0.15, 0.2) is 42.0 Å². The first-order valence-electron chi connectivity index (χ1n) is 10.2. The van der Waals surface area contributed by atoms with E-state index in [0.29, 0.717) is 0 Å². The van der Waals surface area contributed by atoms with Crippen LogP contribution in [0.4, 0.5) is 0 Å². The van der Waals surface area contributed by atoms with Crippen molar-refractivity contribution < 1.29 is 4.74 Å². The first-order valence-corrected chi connectivity index (χ1v) is 10.2. The lowest BCUT2D eigenvalue weighted by molar-refractivity contribution is 0.280. The molecule has 26 heavy (non-hydrogen) atoms. The van der Waals surface area contributed by atoms with Gasteiger partial charge in [0.1, 0.15) is 5.75 Å². The number of rotatable bonds is 3. The van der Waals surface area contributed by atoms with E-state index in [1.807, 2.05) is 7.11 Å². The second-order valence-corrected chi connectivity index (χ2v) is 8.02. The standard InChI is InChI=1S/C24H31NO/c1-18-8-7-9-20-10-11-21-15-19(17-25-12-5-3-4-6-13-25)16-23(26-2)24(21)22(20)14-18/h3-4,15-16H,1,5-14,17H2,2H3. The van der Waals surface area contributed by atoms with E-state index in [1.54, 1.807) is 5.57 Å². The molecule has 0 amide bonds. The van der Waals surface area contributed by atoms with Gasteiger partial charge in [0.15, 0.2) is 0 Å². The lowest BCUT2D eigenvalue weighted by atomic mass is 9.81. The number of methoxy groups -OCH3 is 1. The number of aryl methyl sites for hydroxylation is 1. The maximum Gasteiger partial charge on any atom is 0.126 e. The van der Waals surface area contributed by atoms with Gasteiger partial charge in [-0.1, -0.05) is 35.9 Å². The Labute approximate surface area is 158 Å². The third kappa shape index (κ3) is 3.66. The van der Waals surface area contributed by atoms with Crippen molar-refractivity contribution in [3.05, 3.63) is 58.7 Å². The van der Waals surface area contributed by atoms with Crippen molar-refractivity contribution in [2.75, 3.05) is 20.2 Å². The van der Waals surface area contributed by atoms with Gasteiger partial charge in [-0.3, -0.25) is 4.90 Å². The van der Waals surface area contributed by atoms with Crippen molar-refractivity contribution in [3.63, 3.8) is 0 Å². The van der Waals surface area contributed by atoms with Crippen LogP contribution in [0.1, 0.15) is 61.6 Å². The molecule has 0 N–H and O–H groups in total. The zero-order valence-electron chi connectivity index (χ0n) is 16.2. The molecule has 0 saturated heterocycles. The summed E-state index contributed by atoms with van der Waals surface area (Å²) < 4.78 is 5.90. The highest BCUT2D eigenvalue weighted by Crippen LogP contribution is 2.44. The molecule has 0 bridgehead atoms. The number of fused-ring (bicyclic) bond motifs is 2. The van der Waals surface area contributed by atoms with Crippen molar-refractivity contribution in [3.8, 4) is 5.75 Å². The number of hydrogen-bond donors (Lipinski definition) is 0. The second-order valence-electron chi connectivity index (χ2n) is 8.02. The van der Waals surface area contributed by atoms with Crippen LogP contribution in [0.3, 0.4) is 0 Å². The van der Waals surface area contributed by atoms with Gasteiger partial charge in [-0.2, -0.15) is 0 Å². The van der Waals surface area contributed by atoms with Crippen LogP contribution >= 0.6 is 0 Å². The van der Waals surface area contributed by atoms with Crippen LogP contribution in [0.5, 0.6) is 5.75 Å². The molecule has 1 aromatic carbocycles. The normalized spacial score (nSPS) is 21.0. The van der Waals surface area contributed by atoms with Gasteiger partial charge in [0, 0.05) is 25.2 Å². The fraction of sp³-hybridized carbons (Fsp3) is 0.500. The van der Waals surface area contributed by atoms with E-state index in [2.05, 4.69) is 35.8 Å². The Morgan fingerprint density at radius 2 is 1.85 bits per heavy atom. The quantitative estimate of drug-likeness (QED) is 0.651. The van der Waals surface area contributed by atoms with Gasteiger partial charge in [0.2, 0.25) is 0 Å². The molecule has 0 atom stereocenters. The molecule has 0 saturated carbocycles. The van der Waals surface area contributed by atoms with Crippen LogP contribution in [0.25, 0.3) is 5.57 Å². The maximum absolute atomic E-state index is 5.90. The van der Waals surface area contributed by atoms with E-state index in [0.717, 1.165) is 38.2 Å². The number of allylic oxidation sites excluding steroid dienone is 3. The molecule has 0 unspecified atom stereocenters. The molecule has 1 aromatic rings. The summed E-state index contributed by atoms with van der Waals surface area (Å²) in [4.78, 5) is 2.57. The van der Waals surface area contributed by atoms with Crippen molar-refractivity contribution in [2.24, 2.45) is 0 Å². The molecule has 0 fully saturated rings. The summed E-state index contributed by atoms with van der Waals surface area (Å²) in [6, 6.07) is 4.74. The molecule has 2 nitrogen and oxygen atoms in total. The topological polar surface area (TPSA) is 12.5 Å². The minimum Gasteiger partial charge on any atom is -0.496 e. The number of benzene rings is 1. The molecule has 2 aliphatic carbocycles. The van der Waals surface area contributed by atoms with Crippen molar-refractivity contribution in [2.45, 2.75) is 57.9 Å². The number of nitrogens with zero attached hydrogens (tertiary/aromatic N) is 1. The average Bonchev–Trinajstić information content (AvgIpc) is 3.00. The van der Waals surface area contributed by atoms with E-state index in [-0.39, 0.29) is 0 Å². The van der Waals surface area contributed by atoms with Gasteiger partial charge in [-0.25, -0.2) is 0 Å². The van der Waals surface area contributed by atoms with Crippen molar-refractivity contribution in [1.29, 1.82) is 0 Å². The van der Waals surface area contributed by atoms with Gasteiger partial charge >= 0.3 is 0 Å². The van der Waals surface area contributed by atoms with Crippen LogP contribution in [-0.2, 0) is 13.0 Å². The fourth-order valence-electron chi connectivity index (χ4n) is 4.80. The molecular formula is C24H31NO. The zero-order chi connectivity index (χ0) is 17.9. The van der Waals surface area contributed by atoms with Crippen molar-refractivity contribution >= 4 is 5.57 Å². The summed E-state index contributed by atoms with van der Waals surface area (Å²) in [7, 11) is 1.83. The second kappa shape index (κ2) is 7.84. The van der Waals surface area contributed by atoms with Gasteiger partial charge in [0.05, 0.1) is 7.11 Å². The highest BCUT2D eigenvalue weighted by Gasteiger charge is 2.25. The molecule has 1 aliphatic heterocycles. The summed E-state index contributed by atoms with van der Waals surface area (Å²) in [5.41, 5.74) is 8.83. The van der Waals surface area contributed by atoms with Crippen LogP contribution < -0.4 is 4.74 Å². The Balaban J connectivity index is 1.66. The van der Waals surface area contributed by atoms with Crippen molar-refractivity contribution in [1.82, 2.24) is 4.90 Å². The number of ether oxygens (including phenoxy) is 1. The van der Waals surface area contributed by atoms with E-state index < -0.39 is 0 Å². The Bertz CT molecular complexity index is 746. The lowest BCUT2D eigenvalue weighted by Crippen LogP contribution is -2.24. The van der Waals surface area contributed by atoms with Gasteiger partial charge in [-0.05, 0) is 74.1 Å². The Morgan fingerprint density at radius 3 is 2.62 bits per heavy atom.